The molecule has 6 nitrogen and oxygen atoms in total. The highest BCUT2D eigenvalue weighted by atomic mass is 16.5. The van der Waals surface area contributed by atoms with Crippen LogP contribution in [0.5, 0.6) is 0 Å². The van der Waals surface area contributed by atoms with Crippen LogP contribution in [0.1, 0.15) is 22.6 Å². The fourth-order valence-electron chi connectivity index (χ4n) is 3.88. The van der Waals surface area contributed by atoms with Crippen LogP contribution in [0.3, 0.4) is 0 Å². The van der Waals surface area contributed by atoms with E-state index in [9.17, 15) is 9.59 Å². The van der Waals surface area contributed by atoms with Crippen molar-refractivity contribution < 1.29 is 14.3 Å². The lowest BCUT2D eigenvalue weighted by molar-refractivity contribution is -0.117. The van der Waals surface area contributed by atoms with E-state index >= 15 is 0 Å². The summed E-state index contributed by atoms with van der Waals surface area (Å²) in [7, 11) is 0. The Morgan fingerprint density at radius 2 is 1.52 bits per heavy atom. The summed E-state index contributed by atoms with van der Waals surface area (Å²) < 4.78 is 5.50. The van der Waals surface area contributed by atoms with E-state index in [0.717, 1.165) is 27.8 Å². The third-order valence-corrected chi connectivity index (χ3v) is 5.51. The molecule has 1 atom stereocenters. The van der Waals surface area contributed by atoms with Crippen molar-refractivity contribution in [2.45, 2.75) is 18.9 Å². The van der Waals surface area contributed by atoms with E-state index in [0.29, 0.717) is 5.69 Å². The van der Waals surface area contributed by atoms with Gasteiger partial charge in [-0.05, 0) is 41.3 Å². The Kier molecular flexibility index (Phi) is 6.00. The molecule has 1 aliphatic carbocycles. The summed E-state index contributed by atoms with van der Waals surface area (Å²) in [6.45, 7) is 2.10. The van der Waals surface area contributed by atoms with Crippen molar-refractivity contribution in [1.82, 2.24) is 5.32 Å². The molecular weight excluding hydrogens is 390 g/mol. The molecule has 0 heterocycles. The van der Waals surface area contributed by atoms with Gasteiger partial charge < -0.3 is 21.1 Å². The number of aryl methyl sites for hydroxylation is 1. The number of rotatable bonds is 6. The molecule has 0 aliphatic heterocycles. The maximum Gasteiger partial charge on any atom is 0.407 e. The van der Waals surface area contributed by atoms with Crippen molar-refractivity contribution in [2.75, 3.05) is 18.5 Å². The number of hydrogen-bond donors (Lipinski definition) is 3. The summed E-state index contributed by atoms with van der Waals surface area (Å²) in [4.78, 5) is 24.9. The van der Waals surface area contributed by atoms with Crippen LogP contribution in [-0.4, -0.2) is 31.2 Å². The Morgan fingerprint density at radius 1 is 0.935 bits per heavy atom. The van der Waals surface area contributed by atoms with Crippen LogP contribution in [0.4, 0.5) is 10.5 Å². The number of ether oxygens (including phenoxy) is 1. The maximum absolute atomic E-state index is 12.5. The third-order valence-electron chi connectivity index (χ3n) is 5.51. The van der Waals surface area contributed by atoms with Gasteiger partial charge >= 0.3 is 6.09 Å². The second kappa shape index (κ2) is 9.02. The van der Waals surface area contributed by atoms with E-state index in [1.165, 1.54) is 0 Å². The van der Waals surface area contributed by atoms with Gasteiger partial charge in [0, 0.05) is 18.2 Å². The molecule has 3 aromatic rings. The van der Waals surface area contributed by atoms with Crippen molar-refractivity contribution in [3.05, 3.63) is 89.5 Å². The molecule has 1 unspecified atom stereocenters. The van der Waals surface area contributed by atoms with Crippen LogP contribution in [0.15, 0.2) is 72.8 Å². The molecule has 0 bridgehead atoms. The number of hydrogen-bond acceptors (Lipinski definition) is 4. The van der Waals surface area contributed by atoms with Crippen molar-refractivity contribution in [3.63, 3.8) is 0 Å². The van der Waals surface area contributed by atoms with E-state index in [1.807, 2.05) is 43.3 Å². The van der Waals surface area contributed by atoms with E-state index in [2.05, 4.69) is 34.9 Å². The zero-order valence-corrected chi connectivity index (χ0v) is 17.3. The molecule has 4 rings (SSSR count). The molecule has 0 fully saturated rings. The van der Waals surface area contributed by atoms with Crippen LogP contribution < -0.4 is 16.4 Å². The van der Waals surface area contributed by atoms with Gasteiger partial charge in [-0.3, -0.25) is 4.79 Å². The third kappa shape index (κ3) is 4.44. The number of amides is 2. The van der Waals surface area contributed by atoms with E-state index in [-0.39, 0.29) is 25.0 Å². The Morgan fingerprint density at radius 3 is 2.10 bits per heavy atom. The SMILES string of the molecule is Cc1ccc(NC(=O)C(CN)NC(=O)OCC2c3ccccc3-c3ccccc32)cc1. The molecule has 0 radical (unpaired) electrons. The highest BCUT2D eigenvalue weighted by Gasteiger charge is 2.29. The highest BCUT2D eigenvalue weighted by molar-refractivity contribution is 5.96. The van der Waals surface area contributed by atoms with Crippen molar-refractivity contribution in [1.29, 1.82) is 0 Å². The topological polar surface area (TPSA) is 93.5 Å². The summed E-state index contributed by atoms with van der Waals surface area (Å²) in [5, 5.41) is 5.33. The van der Waals surface area contributed by atoms with Crippen molar-refractivity contribution in [3.8, 4) is 11.1 Å². The highest BCUT2D eigenvalue weighted by Crippen LogP contribution is 2.44. The largest absolute Gasteiger partial charge is 0.449 e. The molecule has 0 saturated carbocycles. The number of carbonyl (C=O) groups is 2. The van der Waals surface area contributed by atoms with Gasteiger partial charge in [0.15, 0.2) is 0 Å². The van der Waals surface area contributed by atoms with Crippen molar-refractivity contribution in [2.24, 2.45) is 5.73 Å². The lowest BCUT2D eigenvalue weighted by atomic mass is 9.98. The number of anilines is 1. The van der Waals surface area contributed by atoms with Gasteiger partial charge in [0.1, 0.15) is 12.6 Å². The number of alkyl carbamates (subject to hydrolysis) is 1. The van der Waals surface area contributed by atoms with Crippen LogP contribution in [0, 0.1) is 6.92 Å². The molecule has 158 valence electrons. The quantitative estimate of drug-likeness (QED) is 0.571. The minimum absolute atomic E-state index is 0.0398. The Bertz CT molecular complexity index is 1050. The first-order valence-electron chi connectivity index (χ1n) is 10.3. The summed E-state index contributed by atoms with van der Waals surface area (Å²) in [5.74, 6) is -0.435. The standard InChI is InChI=1S/C25H25N3O3/c1-16-10-12-17(13-11-16)27-24(29)23(14-26)28-25(30)31-15-22-20-8-4-2-6-18(20)19-7-3-5-9-21(19)22/h2-13,22-23H,14-15,26H2,1H3,(H,27,29)(H,28,30). The Hall–Kier alpha value is -3.64. The van der Waals surface area contributed by atoms with Crippen LogP contribution in [-0.2, 0) is 9.53 Å². The molecule has 4 N–H and O–H groups in total. The molecule has 2 amide bonds. The second-order valence-electron chi connectivity index (χ2n) is 7.61. The predicted molar refractivity (Wildman–Crippen MR) is 121 cm³/mol. The number of benzene rings is 3. The zero-order chi connectivity index (χ0) is 21.8. The van der Waals surface area contributed by atoms with E-state index in [1.54, 1.807) is 12.1 Å². The van der Waals surface area contributed by atoms with Crippen LogP contribution in [0.2, 0.25) is 0 Å². The van der Waals surface area contributed by atoms with Gasteiger partial charge in [0.2, 0.25) is 5.91 Å². The summed E-state index contributed by atoms with van der Waals surface area (Å²) in [5.41, 5.74) is 12.0. The molecule has 0 saturated heterocycles. The number of carbonyl (C=O) groups excluding carboxylic acids is 2. The Labute approximate surface area is 181 Å². The second-order valence-corrected chi connectivity index (χ2v) is 7.61. The fraction of sp³-hybridized carbons (Fsp3) is 0.200. The minimum atomic E-state index is -0.892. The first-order valence-corrected chi connectivity index (χ1v) is 10.3. The van der Waals surface area contributed by atoms with Gasteiger partial charge in [-0.25, -0.2) is 4.79 Å². The lowest BCUT2D eigenvalue weighted by Gasteiger charge is -2.18. The number of nitrogens with two attached hydrogens (primary N) is 1. The number of fused-ring (bicyclic) bond motifs is 3. The smallest absolute Gasteiger partial charge is 0.407 e. The average molecular weight is 415 g/mol. The molecule has 3 aromatic carbocycles. The Balaban J connectivity index is 1.38. The van der Waals surface area contributed by atoms with Gasteiger partial charge in [-0.1, -0.05) is 66.2 Å². The molecule has 1 aliphatic rings. The van der Waals surface area contributed by atoms with Crippen LogP contribution in [0.25, 0.3) is 11.1 Å². The average Bonchev–Trinajstić information content (AvgIpc) is 3.11. The molecular formula is C25H25N3O3. The normalized spacial score (nSPS) is 13.1. The van der Waals surface area contributed by atoms with Gasteiger partial charge in [0.25, 0.3) is 0 Å². The van der Waals surface area contributed by atoms with Gasteiger partial charge in [0.05, 0.1) is 0 Å². The monoisotopic (exact) mass is 415 g/mol. The maximum atomic E-state index is 12.5. The molecule has 0 aromatic heterocycles. The first kappa shape index (κ1) is 20.6. The molecule has 31 heavy (non-hydrogen) atoms. The number of nitrogens with one attached hydrogen (secondary N) is 2. The summed E-state index contributed by atoms with van der Waals surface area (Å²) in [6, 6.07) is 22.7. The molecule has 6 heteroatoms. The fourth-order valence-corrected chi connectivity index (χ4v) is 3.88. The van der Waals surface area contributed by atoms with Crippen LogP contribution >= 0.6 is 0 Å². The minimum Gasteiger partial charge on any atom is -0.449 e. The van der Waals surface area contributed by atoms with Gasteiger partial charge in [-0.15, -0.1) is 0 Å². The summed E-state index contributed by atoms with van der Waals surface area (Å²) >= 11 is 0. The van der Waals surface area contributed by atoms with E-state index in [4.69, 9.17) is 10.5 Å². The predicted octanol–water partition coefficient (Wildman–Crippen LogP) is 3.80. The summed E-state index contributed by atoms with van der Waals surface area (Å²) in [6.07, 6.45) is -0.670. The first-order chi connectivity index (χ1) is 15.1. The van der Waals surface area contributed by atoms with E-state index < -0.39 is 12.1 Å². The van der Waals surface area contributed by atoms with Crippen molar-refractivity contribution >= 4 is 17.7 Å². The molecule has 0 spiro atoms. The van der Waals surface area contributed by atoms with Gasteiger partial charge in [-0.2, -0.15) is 0 Å². The lowest BCUT2D eigenvalue weighted by Crippen LogP contribution is -2.48. The zero-order valence-electron chi connectivity index (χ0n) is 17.3.